The number of halogens is 1. The molecule has 0 aliphatic rings. The summed E-state index contributed by atoms with van der Waals surface area (Å²) in [4.78, 5) is 26.7. The van der Waals surface area contributed by atoms with E-state index < -0.39 is 16.6 Å². The van der Waals surface area contributed by atoms with E-state index in [4.69, 9.17) is 4.74 Å². The topological polar surface area (TPSA) is 105 Å². The zero-order valence-electron chi connectivity index (χ0n) is 14.2. The third kappa shape index (κ3) is 4.41. The van der Waals surface area contributed by atoms with Gasteiger partial charge in [-0.15, -0.1) is 0 Å². The van der Waals surface area contributed by atoms with Crippen molar-refractivity contribution in [2.75, 3.05) is 0 Å². The van der Waals surface area contributed by atoms with Crippen LogP contribution in [0.4, 0.5) is 11.4 Å². The van der Waals surface area contributed by atoms with Crippen molar-refractivity contribution < 1.29 is 19.6 Å². The van der Waals surface area contributed by atoms with Gasteiger partial charge in [0.05, 0.1) is 16.2 Å². The molecule has 0 aliphatic heterocycles. The number of nitro benzene ring substituents is 1. The van der Waals surface area contributed by atoms with Crippen LogP contribution in [0.1, 0.15) is 15.9 Å². The first-order valence-electron chi connectivity index (χ1n) is 8.01. The fourth-order valence-electron chi connectivity index (χ4n) is 2.32. The van der Waals surface area contributed by atoms with Crippen molar-refractivity contribution in [1.82, 2.24) is 0 Å². The molecule has 28 heavy (non-hydrogen) atoms. The summed E-state index contributed by atoms with van der Waals surface area (Å²) in [6, 6.07) is 16.8. The Morgan fingerprint density at radius 2 is 1.79 bits per heavy atom. The Kier molecular flexibility index (Phi) is 5.81. The van der Waals surface area contributed by atoms with Crippen LogP contribution in [-0.4, -0.2) is 17.1 Å². The smallest absolute Gasteiger partial charge is 0.344 e. The molecule has 0 bridgehead atoms. The van der Waals surface area contributed by atoms with Crippen LogP contribution >= 0.6 is 15.9 Å². The number of non-ortho nitro benzene ring substituents is 1. The Morgan fingerprint density at radius 1 is 1.07 bits per heavy atom. The fraction of sp³-hybridized carbons (Fsp3) is 0. The van der Waals surface area contributed by atoms with Crippen LogP contribution in [0.5, 0.6) is 11.5 Å². The Bertz CT molecular complexity index is 1080. The van der Waals surface area contributed by atoms with Gasteiger partial charge in [0.2, 0.25) is 0 Å². The molecule has 0 aromatic heterocycles. The summed E-state index contributed by atoms with van der Waals surface area (Å²) in [5.74, 6) is -0.775. The Hall–Kier alpha value is -3.52. The van der Waals surface area contributed by atoms with Crippen LogP contribution < -0.4 is 9.84 Å². The van der Waals surface area contributed by atoms with E-state index in [-0.39, 0.29) is 17.1 Å². The second-order valence-corrected chi connectivity index (χ2v) is 6.43. The van der Waals surface area contributed by atoms with Gasteiger partial charge in [0.15, 0.2) is 0 Å². The van der Waals surface area contributed by atoms with E-state index in [1.54, 1.807) is 48.5 Å². The molecule has 0 saturated carbocycles. The van der Waals surface area contributed by atoms with Gasteiger partial charge < -0.3 is 9.84 Å². The van der Waals surface area contributed by atoms with E-state index in [9.17, 15) is 20.0 Å². The maximum absolute atomic E-state index is 12.4. The van der Waals surface area contributed by atoms with Crippen molar-refractivity contribution in [1.29, 1.82) is 0 Å². The number of rotatable bonds is 5. The third-order valence-electron chi connectivity index (χ3n) is 3.71. The number of para-hydroxylation sites is 1. The van der Waals surface area contributed by atoms with Crippen LogP contribution in [0.15, 0.2) is 76.2 Å². The lowest BCUT2D eigenvalue weighted by molar-refractivity contribution is -0.385. The van der Waals surface area contributed by atoms with Crippen molar-refractivity contribution in [2.24, 2.45) is 4.99 Å². The SMILES string of the molecule is O=C(Oc1ccccc1C=Nc1cc([N+](=O)[O-])ccc1[O-])c1ccccc1Br. The largest absolute Gasteiger partial charge is 0.871 e. The van der Waals surface area contributed by atoms with Gasteiger partial charge in [-0.05, 0) is 40.2 Å². The molecule has 3 rings (SSSR count). The summed E-state index contributed by atoms with van der Waals surface area (Å²) in [7, 11) is 0. The summed E-state index contributed by atoms with van der Waals surface area (Å²) >= 11 is 3.30. The van der Waals surface area contributed by atoms with E-state index in [1.165, 1.54) is 6.21 Å². The molecule has 0 heterocycles. The van der Waals surface area contributed by atoms with Crippen molar-refractivity contribution >= 4 is 39.5 Å². The lowest BCUT2D eigenvalue weighted by atomic mass is 10.2. The summed E-state index contributed by atoms with van der Waals surface area (Å²) in [5, 5.41) is 22.7. The zero-order chi connectivity index (χ0) is 20.1. The van der Waals surface area contributed by atoms with Crippen LogP contribution in [0.2, 0.25) is 0 Å². The Labute approximate surface area is 168 Å². The maximum atomic E-state index is 12.4. The number of nitrogens with zero attached hydrogens (tertiary/aromatic N) is 2. The van der Waals surface area contributed by atoms with Gasteiger partial charge in [0.1, 0.15) is 5.75 Å². The first kappa shape index (κ1) is 19.2. The number of benzene rings is 3. The van der Waals surface area contributed by atoms with E-state index >= 15 is 0 Å². The molecule has 0 unspecified atom stereocenters. The lowest BCUT2D eigenvalue weighted by Crippen LogP contribution is -2.10. The van der Waals surface area contributed by atoms with Crippen molar-refractivity contribution in [3.63, 3.8) is 0 Å². The number of hydrogen-bond donors (Lipinski definition) is 0. The molecule has 0 saturated heterocycles. The molecular weight excluding hydrogens is 428 g/mol. The van der Waals surface area contributed by atoms with Gasteiger partial charge in [0, 0.05) is 28.4 Å². The monoisotopic (exact) mass is 439 g/mol. The average Bonchev–Trinajstić information content (AvgIpc) is 2.68. The van der Waals surface area contributed by atoms with Gasteiger partial charge >= 0.3 is 5.97 Å². The fourth-order valence-corrected chi connectivity index (χ4v) is 2.77. The van der Waals surface area contributed by atoms with E-state index in [2.05, 4.69) is 20.9 Å². The predicted molar refractivity (Wildman–Crippen MR) is 105 cm³/mol. The number of carbonyl (C=O) groups excluding carboxylic acids is 1. The highest BCUT2D eigenvalue weighted by Gasteiger charge is 2.13. The first-order chi connectivity index (χ1) is 13.5. The molecule has 140 valence electrons. The third-order valence-corrected chi connectivity index (χ3v) is 4.40. The minimum absolute atomic E-state index is 0.0823. The van der Waals surface area contributed by atoms with Crippen molar-refractivity contribution in [3.05, 3.63) is 92.4 Å². The van der Waals surface area contributed by atoms with Gasteiger partial charge in [-0.1, -0.05) is 36.1 Å². The second-order valence-electron chi connectivity index (χ2n) is 5.57. The maximum Gasteiger partial charge on any atom is 0.344 e. The van der Waals surface area contributed by atoms with Crippen molar-refractivity contribution in [3.8, 4) is 11.5 Å². The quantitative estimate of drug-likeness (QED) is 0.192. The second kappa shape index (κ2) is 8.45. The minimum Gasteiger partial charge on any atom is -0.871 e. The summed E-state index contributed by atoms with van der Waals surface area (Å²) in [5.41, 5.74) is 0.477. The molecular formula is C20H12BrN2O5-. The van der Waals surface area contributed by atoms with Crippen LogP contribution in [0, 0.1) is 10.1 Å². The van der Waals surface area contributed by atoms with Crippen LogP contribution in [0.3, 0.4) is 0 Å². The number of ether oxygens (including phenoxy) is 1. The molecule has 0 spiro atoms. The standard InChI is InChI=1S/C20H13BrN2O5/c21-16-7-3-2-6-15(16)20(25)28-19-8-4-1-5-13(19)12-22-17-11-14(23(26)27)9-10-18(17)24/h1-12,24H/p-1. The van der Waals surface area contributed by atoms with E-state index in [1.807, 2.05) is 0 Å². The molecule has 3 aromatic carbocycles. The summed E-state index contributed by atoms with van der Waals surface area (Å²) in [6.45, 7) is 0. The van der Waals surface area contributed by atoms with Crippen LogP contribution in [-0.2, 0) is 0 Å². The Morgan fingerprint density at radius 3 is 2.54 bits per heavy atom. The number of aliphatic imine (C=N–C) groups is 1. The molecule has 0 fully saturated rings. The van der Waals surface area contributed by atoms with Gasteiger partial charge in [-0.2, -0.15) is 0 Å². The minimum atomic E-state index is -0.605. The lowest BCUT2D eigenvalue weighted by Gasteiger charge is -2.10. The number of nitro groups is 1. The normalized spacial score (nSPS) is 10.8. The van der Waals surface area contributed by atoms with Crippen molar-refractivity contribution in [2.45, 2.75) is 0 Å². The summed E-state index contributed by atoms with van der Waals surface area (Å²) in [6.07, 6.45) is 1.32. The predicted octanol–water partition coefficient (Wildman–Crippen LogP) is 4.40. The summed E-state index contributed by atoms with van der Waals surface area (Å²) < 4.78 is 6.04. The number of esters is 1. The molecule has 0 aliphatic carbocycles. The van der Waals surface area contributed by atoms with Gasteiger partial charge in [-0.25, -0.2) is 4.79 Å². The van der Waals surface area contributed by atoms with E-state index in [0.717, 1.165) is 18.2 Å². The highest BCUT2D eigenvalue weighted by atomic mass is 79.9. The molecule has 0 atom stereocenters. The van der Waals surface area contributed by atoms with Gasteiger partial charge in [-0.3, -0.25) is 15.1 Å². The zero-order valence-corrected chi connectivity index (χ0v) is 15.8. The molecule has 0 radical (unpaired) electrons. The highest BCUT2D eigenvalue weighted by Crippen LogP contribution is 2.29. The Balaban J connectivity index is 1.88. The molecule has 0 N–H and O–H groups in total. The molecule has 0 amide bonds. The molecule has 3 aromatic rings. The molecule has 7 nitrogen and oxygen atoms in total. The average molecular weight is 440 g/mol. The first-order valence-corrected chi connectivity index (χ1v) is 8.80. The van der Waals surface area contributed by atoms with Crippen LogP contribution in [0.25, 0.3) is 0 Å². The number of carbonyl (C=O) groups is 1. The highest BCUT2D eigenvalue weighted by molar-refractivity contribution is 9.10. The van der Waals surface area contributed by atoms with Gasteiger partial charge in [0.25, 0.3) is 5.69 Å². The number of hydrogen-bond acceptors (Lipinski definition) is 6. The molecule has 8 heteroatoms. The van der Waals surface area contributed by atoms with E-state index in [0.29, 0.717) is 15.6 Å².